The van der Waals surface area contributed by atoms with E-state index in [1.807, 2.05) is 0 Å². The lowest BCUT2D eigenvalue weighted by molar-refractivity contribution is -0.120. The first-order valence-corrected chi connectivity index (χ1v) is 12.4. The lowest BCUT2D eigenvalue weighted by atomic mass is 9.69. The zero-order chi connectivity index (χ0) is 21.5. The van der Waals surface area contributed by atoms with Crippen molar-refractivity contribution in [3.8, 4) is 0 Å². The molecule has 2 aliphatic carbocycles. The van der Waals surface area contributed by atoms with Crippen LogP contribution in [0.4, 0.5) is 5.95 Å². The van der Waals surface area contributed by atoms with Crippen LogP contribution in [0.5, 0.6) is 0 Å². The van der Waals surface area contributed by atoms with Crippen molar-refractivity contribution < 1.29 is 9.53 Å². The van der Waals surface area contributed by atoms with E-state index in [9.17, 15) is 4.79 Å². The Hall–Kier alpha value is -1.28. The van der Waals surface area contributed by atoms with Crippen molar-refractivity contribution in [2.24, 2.45) is 22.7 Å². The molecule has 30 heavy (non-hydrogen) atoms. The molecule has 0 radical (unpaired) electrons. The molecule has 1 amide bonds. The molecule has 1 saturated heterocycles. The van der Waals surface area contributed by atoms with Gasteiger partial charge >= 0.3 is 0 Å². The number of rotatable bonds is 7. The number of anilines is 1. The molecule has 0 unspecified atom stereocenters. The molecule has 168 valence electrons. The van der Waals surface area contributed by atoms with Crippen LogP contribution in [-0.2, 0) is 16.1 Å². The maximum Gasteiger partial charge on any atom is 0.230 e. The summed E-state index contributed by atoms with van der Waals surface area (Å²) >= 11 is 1.50. The summed E-state index contributed by atoms with van der Waals surface area (Å²) in [6.07, 6.45) is 3.63. The van der Waals surface area contributed by atoms with E-state index in [2.05, 4.69) is 59.6 Å². The minimum absolute atomic E-state index is 0.113. The average molecular weight is 436 g/mol. The SMILES string of the molecule is CC(C)Cn1c(SCC(=O)N[C@H]2C[C@H]3CC[C@@]2(C)C3(C)C)nnc1N1CCOCC1. The maximum atomic E-state index is 12.8. The Labute approximate surface area is 184 Å². The predicted molar refractivity (Wildman–Crippen MR) is 120 cm³/mol. The Balaban J connectivity index is 1.40. The molecule has 2 bridgehead atoms. The molecule has 2 saturated carbocycles. The molecule has 1 aromatic rings. The van der Waals surface area contributed by atoms with E-state index < -0.39 is 0 Å². The Kier molecular flexibility index (Phi) is 6.10. The van der Waals surface area contributed by atoms with Gasteiger partial charge in [-0.3, -0.25) is 9.36 Å². The first-order chi connectivity index (χ1) is 14.2. The summed E-state index contributed by atoms with van der Waals surface area (Å²) in [5.41, 5.74) is 0.516. The van der Waals surface area contributed by atoms with Gasteiger partial charge in [0.25, 0.3) is 0 Å². The zero-order valence-corrected chi connectivity index (χ0v) is 19.9. The third-order valence-electron chi connectivity index (χ3n) is 8.00. The fraction of sp³-hybridized carbons (Fsp3) is 0.864. The summed E-state index contributed by atoms with van der Waals surface area (Å²) in [6.45, 7) is 15.5. The Morgan fingerprint density at radius 2 is 2.00 bits per heavy atom. The molecular formula is C22H37N5O2S. The molecule has 3 fully saturated rings. The summed E-state index contributed by atoms with van der Waals surface area (Å²) in [6, 6.07) is 0.289. The predicted octanol–water partition coefficient (Wildman–Crippen LogP) is 3.19. The van der Waals surface area contributed by atoms with Crippen LogP contribution in [0.15, 0.2) is 5.16 Å². The largest absolute Gasteiger partial charge is 0.378 e. The van der Waals surface area contributed by atoms with E-state index in [0.29, 0.717) is 17.1 Å². The van der Waals surface area contributed by atoms with Gasteiger partial charge in [-0.2, -0.15) is 0 Å². The van der Waals surface area contributed by atoms with Crippen LogP contribution in [0, 0.1) is 22.7 Å². The number of hydrogen-bond acceptors (Lipinski definition) is 6. The number of ether oxygens (including phenoxy) is 1. The lowest BCUT2D eigenvalue weighted by Crippen LogP contribution is -2.47. The van der Waals surface area contributed by atoms with Gasteiger partial charge in [-0.25, -0.2) is 0 Å². The third kappa shape index (κ3) is 3.85. The molecule has 8 heteroatoms. The minimum atomic E-state index is 0.113. The van der Waals surface area contributed by atoms with E-state index in [-0.39, 0.29) is 17.4 Å². The number of amides is 1. The average Bonchev–Trinajstić information content (AvgIpc) is 3.25. The van der Waals surface area contributed by atoms with Crippen LogP contribution in [0.1, 0.15) is 53.9 Å². The Bertz CT molecular complexity index is 774. The molecule has 7 nitrogen and oxygen atoms in total. The van der Waals surface area contributed by atoms with Crippen molar-refractivity contribution >= 4 is 23.6 Å². The zero-order valence-electron chi connectivity index (χ0n) is 19.1. The van der Waals surface area contributed by atoms with Gasteiger partial charge in [0.2, 0.25) is 11.9 Å². The molecule has 2 heterocycles. The molecule has 1 N–H and O–H groups in total. The fourth-order valence-corrected chi connectivity index (χ4v) is 6.45. The van der Waals surface area contributed by atoms with E-state index in [0.717, 1.165) is 56.3 Å². The van der Waals surface area contributed by atoms with Gasteiger partial charge in [-0.15, -0.1) is 10.2 Å². The van der Waals surface area contributed by atoms with Gasteiger partial charge in [-0.1, -0.05) is 46.4 Å². The molecule has 1 aliphatic heterocycles. The smallest absolute Gasteiger partial charge is 0.230 e. The second kappa shape index (κ2) is 8.34. The summed E-state index contributed by atoms with van der Waals surface area (Å²) < 4.78 is 7.65. The molecule has 3 atom stereocenters. The van der Waals surface area contributed by atoms with Crippen LogP contribution in [0.3, 0.4) is 0 Å². The normalized spacial score (nSPS) is 30.3. The molecule has 1 aromatic heterocycles. The number of hydrogen-bond donors (Lipinski definition) is 1. The second-order valence-corrected chi connectivity index (χ2v) is 11.3. The molecular weight excluding hydrogens is 398 g/mol. The summed E-state index contributed by atoms with van der Waals surface area (Å²) in [4.78, 5) is 15.1. The Morgan fingerprint density at radius 3 is 2.60 bits per heavy atom. The Morgan fingerprint density at radius 1 is 1.27 bits per heavy atom. The monoisotopic (exact) mass is 435 g/mol. The van der Waals surface area contributed by atoms with E-state index in [1.165, 1.54) is 24.6 Å². The van der Waals surface area contributed by atoms with Crippen molar-refractivity contribution in [3.63, 3.8) is 0 Å². The van der Waals surface area contributed by atoms with Crippen LogP contribution in [0.2, 0.25) is 0 Å². The topological polar surface area (TPSA) is 72.3 Å². The number of nitrogens with one attached hydrogen (secondary N) is 1. The molecule has 0 aromatic carbocycles. The van der Waals surface area contributed by atoms with Crippen LogP contribution >= 0.6 is 11.8 Å². The first kappa shape index (κ1) is 21.9. The summed E-state index contributed by atoms with van der Waals surface area (Å²) in [5.74, 6) is 2.60. The number of fused-ring (bicyclic) bond motifs is 2. The third-order valence-corrected chi connectivity index (χ3v) is 8.97. The van der Waals surface area contributed by atoms with E-state index in [4.69, 9.17) is 4.74 Å². The highest BCUT2D eigenvalue weighted by Crippen LogP contribution is 2.65. The maximum absolute atomic E-state index is 12.8. The highest BCUT2D eigenvalue weighted by Gasteiger charge is 2.61. The van der Waals surface area contributed by atoms with Gasteiger partial charge in [0.15, 0.2) is 5.16 Å². The number of carbonyl (C=O) groups excluding carboxylic acids is 1. The van der Waals surface area contributed by atoms with E-state index in [1.54, 1.807) is 0 Å². The van der Waals surface area contributed by atoms with E-state index >= 15 is 0 Å². The molecule has 0 spiro atoms. The summed E-state index contributed by atoms with van der Waals surface area (Å²) in [7, 11) is 0. The number of thioether (sulfide) groups is 1. The van der Waals surface area contributed by atoms with Gasteiger partial charge in [-0.05, 0) is 41.9 Å². The minimum Gasteiger partial charge on any atom is -0.378 e. The van der Waals surface area contributed by atoms with Gasteiger partial charge < -0.3 is 15.0 Å². The van der Waals surface area contributed by atoms with Crippen molar-refractivity contribution in [1.29, 1.82) is 0 Å². The second-order valence-electron chi connectivity index (χ2n) is 10.4. The lowest BCUT2D eigenvalue weighted by Gasteiger charge is -2.39. The molecule has 3 aliphatic rings. The van der Waals surface area contributed by atoms with Crippen molar-refractivity contribution in [2.45, 2.75) is 71.6 Å². The van der Waals surface area contributed by atoms with Crippen LogP contribution in [0.25, 0.3) is 0 Å². The quantitative estimate of drug-likeness (QED) is 0.663. The molecule has 4 rings (SSSR count). The number of morpholine rings is 1. The van der Waals surface area contributed by atoms with Crippen LogP contribution < -0.4 is 10.2 Å². The van der Waals surface area contributed by atoms with Gasteiger partial charge in [0.1, 0.15) is 0 Å². The highest BCUT2D eigenvalue weighted by molar-refractivity contribution is 7.99. The highest BCUT2D eigenvalue weighted by atomic mass is 32.2. The summed E-state index contributed by atoms with van der Waals surface area (Å²) in [5, 5.41) is 13.1. The van der Waals surface area contributed by atoms with Crippen molar-refractivity contribution in [3.05, 3.63) is 0 Å². The number of carbonyl (C=O) groups is 1. The number of nitrogens with zero attached hydrogens (tertiary/aromatic N) is 4. The van der Waals surface area contributed by atoms with Crippen molar-refractivity contribution in [2.75, 3.05) is 37.0 Å². The fourth-order valence-electron chi connectivity index (χ4n) is 5.70. The van der Waals surface area contributed by atoms with Crippen LogP contribution in [-0.4, -0.2) is 58.8 Å². The standard InChI is InChI=1S/C22H37N5O2S/c1-15(2)13-27-19(26-8-10-29-11-9-26)24-25-20(27)30-14-18(28)23-17-12-16-6-7-22(17,5)21(16,3)4/h15-17H,6-14H2,1-5H3,(H,23,28)/t16-,17+,22-/m1/s1. The van der Waals surface area contributed by atoms with Gasteiger partial charge in [0.05, 0.1) is 19.0 Å². The van der Waals surface area contributed by atoms with Crippen molar-refractivity contribution in [1.82, 2.24) is 20.1 Å². The van der Waals surface area contributed by atoms with Gasteiger partial charge in [0, 0.05) is 25.7 Å². The number of aromatic nitrogens is 3. The first-order valence-electron chi connectivity index (χ1n) is 11.4.